The van der Waals surface area contributed by atoms with Crippen molar-refractivity contribution in [3.05, 3.63) is 0 Å². The average Bonchev–Trinajstić information content (AvgIpc) is 2.01. The predicted molar refractivity (Wildman–Crippen MR) is 39.8 cm³/mol. The van der Waals surface area contributed by atoms with Crippen molar-refractivity contribution in [3.63, 3.8) is 0 Å². The summed E-state index contributed by atoms with van der Waals surface area (Å²) in [4.78, 5) is 10.8. The van der Waals surface area contributed by atoms with Crippen molar-refractivity contribution in [3.8, 4) is 0 Å². The molecule has 7 heteroatoms. The molecule has 4 nitrogen and oxygen atoms in total. The maximum atomic E-state index is 12.3. The maximum absolute atomic E-state index is 12.3. The van der Waals surface area contributed by atoms with E-state index in [1.165, 1.54) is 0 Å². The molecule has 0 unspecified atom stereocenters. The van der Waals surface area contributed by atoms with Crippen molar-refractivity contribution in [2.24, 2.45) is 0 Å². The Kier molecular flexibility index (Phi) is 2.89. The number of piperidine rings is 1. The summed E-state index contributed by atoms with van der Waals surface area (Å²) >= 11 is 0. The van der Waals surface area contributed by atoms with Gasteiger partial charge < -0.3 is 10.2 Å². The fourth-order valence-corrected chi connectivity index (χ4v) is 1.49. The molecule has 0 aliphatic carbocycles. The topological polar surface area (TPSA) is 60.8 Å². The minimum atomic E-state index is -4.61. The summed E-state index contributed by atoms with van der Waals surface area (Å²) in [7, 11) is 0. The van der Waals surface area contributed by atoms with E-state index >= 15 is 0 Å². The van der Waals surface area contributed by atoms with Crippen LogP contribution in [0, 0.1) is 0 Å². The highest BCUT2D eigenvalue weighted by Crippen LogP contribution is 2.31. The molecule has 14 heavy (non-hydrogen) atoms. The van der Waals surface area contributed by atoms with Crippen molar-refractivity contribution in [2.45, 2.75) is 31.2 Å². The first-order valence-corrected chi connectivity index (χ1v) is 4.06. The summed E-state index contributed by atoms with van der Waals surface area (Å²) in [6, 6.07) is -2.08. The summed E-state index contributed by atoms with van der Waals surface area (Å²) in [6.07, 6.45) is -7.80. The molecule has 82 valence electrons. The first-order chi connectivity index (χ1) is 6.32. The number of amides is 1. The van der Waals surface area contributed by atoms with E-state index in [1.54, 1.807) is 0 Å². The van der Waals surface area contributed by atoms with Gasteiger partial charge >= 0.3 is 12.3 Å². The Hall–Kier alpha value is -0.980. The van der Waals surface area contributed by atoms with Gasteiger partial charge in [-0.2, -0.15) is 13.2 Å². The van der Waals surface area contributed by atoms with Gasteiger partial charge in [-0.3, -0.25) is 4.90 Å². The summed E-state index contributed by atoms with van der Waals surface area (Å²) < 4.78 is 36.9. The monoisotopic (exact) mass is 213 g/mol. The fraction of sp³-hybridized carbons (Fsp3) is 0.857. The molecule has 1 amide bonds. The van der Waals surface area contributed by atoms with Crippen LogP contribution >= 0.6 is 0 Å². The third-order valence-electron chi connectivity index (χ3n) is 2.20. The minimum absolute atomic E-state index is 0.0544. The van der Waals surface area contributed by atoms with Crippen LogP contribution in [0.15, 0.2) is 0 Å². The number of halogens is 3. The quantitative estimate of drug-likeness (QED) is 0.632. The number of hydrogen-bond acceptors (Lipinski definition) is 2. The Balaban J connectivity index is 2.79. The first kappa shape index (κ1) is 11.1. The minimum Gasteiger partial charge on any atom is -0.465 e. The van der Waals surface area contributed by atoms with Crippen LogP contribution in [0.25, 0.3) is 0 Å². The summed E-state index contributed by atoms with van der Waals surface area (Å²) in [5.41, 5.74) is 0. The van der Waals surface area contributed by atoms with Crippen molar-refractivity contribution >= 4 is 6.09 Å². The van der Waals surface area contributed by atoms with Crippen molar-refractivity contribution in [1.82, 2.24) is 4.90 Å². The maximum Gasteiger partial charge on any atom is 0.409 e. The van der Waals surface area contributed by atoms with Gasteiger partial charge in [-0.25, -0.2) is 4.79 Å². The summed E-state index contributed by atoms with van der Waals surface area (Å²) in [5.74, 6) is 0. The van der Waals surface area contributed by atoms with Crippen LogP contribution in [0.4, 0.5) is 18.0 Å². The number of nitrogens with zero attached hydrogens (tertiary/aromatic N) is 1. The van der Waals surface area contributed by atoms with Gasteiger partial charge in [0.25, 0.3) is 0 Å². The molecular formula is C7H10F3NO3. The number of hydrogen-bond donors (Lipinski definition) is 2. The fourth-order valence-electron chi connectivity index (χ4n) is 1.49. The third kappa shape index (κ3) is 2.28. The van der Waals surface area contributed by atoms with Gasteiger partial charge in [-0.05, 0) is 6.42 Å². The Morgan fingerprint density at radius 3 is 2.43 bits per heavy atom. The van der Waals surface area contributed by atoms with Crippen LogP contribution in [0.1, 0.15) is 12.8 Å². The number of likely N-dealkylation sites (tertiary alicyclic amines) is 1. The van der Waals surface area contributed by atoms with E-state index < -0.39 is 30.8 Å². The van der Waals surface area contributed by atoms with Gasteiger partial charge in [0.15, 0.2) is 0 Å². The molecule has 0 aromatic rings. The normalized spacial score (nSPS) is 29.0. The number of carbonyl (C=O) groups is 1. The van der Waals surface area contributed by atoms with Crippen LogP contribution in [0.3, 0.4) is 0 Å². The molecule has 0 saturated carbocycles. The molecule has 2 N–H and O–H groups in total. The standard InChI is InChI=1S/C7H10F3NO3/c8-7(9,10)5-3-4(12)1-2-11(5)6(13)14/h4-5,12H,1-3H2,(H,13,14)/t4-,5+/m1/s1. The number of rotatable bonds is 0. The molecule has 1 saturated heterocycles. The number of alkyl halides is 3. The highest BCUT2D eigenvalue weighted by atomic mass is 19.4. The zero-order chi connectivity index (χ0) is 10.9. The molecule has 2 atom stereocenters. The SMILES string of the molecule is O=C(O)N1CC[C@@H](O)C[C@H]1C(F)(F)F. The van der Waals surface area contributed by atoms with E-state index in [0.717, 1.165) is 0 Å². The van der Waals surface area contributed by atoms with Crippen molar-refractivity contribution < 1.29 is 28.2 Å². The van der Waals surface area contributed by atoms with Gasteiger partial charge in [-0.1, -0.05) is 0 Å². The lowest BCUT2D eigenvalue weighted by atomic mass is 10.00. The number of carboxylic acid groups (broad SMARTS) is 1. The molecule has 0 aromatic carbocycles. The van der Waals surface area contributed by atoms with Crippen LogP contribution in [0.2, 0.25) is 0 Å². The molecule has 0 spiro atoms. The lowest BCUT2D eigenvalue weighted by molar-refractivity contribution is -0.193. The van der Waals surface area contributed by atoms with Gasteiger partial charge in [0.1, 0.15) is 6.04 Å². The Morgan fingerprint density at radius 2 is 2.00 bits per heavy atom. The van der Waals surface area contributed by atoms with E-state index in [9.17, 15) is 18.0 Å². The Bertz CT molecular complexity index is 231. The van der Waals surface area contributed by atoms with Crippen LogP contribution < -0.4 is 0 Å². The smallest absolute Gasteiger partial charge is 0.409 e. The highest BCUT2D eigenvalue weighted by molar-refractivity contribution is 5.65. The van der Waals surface area contributed by atoms with E-state index in [0.29, 0.717) is 4.90 Å². The second-order valence-corrected chi connectivity index (χ2v) is 3.21. The second kappa shape index (κ2) is 3.64. The molecule has 1 heterocycles. The van der Waals surface area contributed by atoms with Gasteiger partial charge in [0, 0.05) is 13.0 Å². The van der Waals surface area contributed by atoms with E-state index in [4.69, 9.17) is 10.2 Å². The van der Waals surface area contributed by atoms with Crippen molar-refractivity contribution in [2.75, 3.05) is 6.54 Å². The van der Waals surface area contributed by atoms with E-state index in [-0.39, 0.29) is 13.0 Å². The van der Waals surface area contributed by atoms with Gasteiger partial charge in [0.05, 0.1) is 6.10 Å². The summed E-state index contributed by atoms with van der Waals surface area (Å²) in [5, 5.41) is 17.5. The Morgan fingerprint density at radius 1 is 1.43 bits per heavy atom. The van der Waals surface area contributed by atoms with Gasteiger partial charge in [0.2, 0.25) is 0 Å². The predicted octanol–water partition coefficient (Wildman–Crippen LogP) is 1.05. The number of aliphatic hydroxyl groups is 1. The lowest BCUT2D eigenvalue weighted by Crippen LogP contribution is -2.53. The van der Waals surface area contributed by atoms with E-state index in [2.05, 4.69) is 0 Å². The first-order valence-electron chi connectivity index (χ1n) is 4.06. The molecule has 0 radical (unpaired) electrons. The summed E-state index contributed by atoms with van der Waals surface area (Å²) in [6.45, 7) is -0.277. The van der Waals surface area contributed by atoms with Gasteiger partial charge in [-0.15, -0.1) is 0 Å². The zero-order valence-electron chi connectivity index (χ0n) is 7.16. The number of aliphatic hydroxyl groups excluding tert-OH is 1. The molecule has 1 aliphatic heterocycles. The second-order valence-electron chi connectivity index (χ2n) is 3.21. The largest absolute Gasteiger partial charge is 0.465 e. The Labute approximate surface area is 77.9 Å². The molecular weight excluding hydrogens is 203 g/mol. The lowest BCUT2D eigenvalue weighted by Gasteiger charge is -2.36. The third-order valence-corrected chi connectivity index (χ3v) is 2.20. The van der Waals surface area contributed by atoms with Crippen molar-refractivity contribution in [1.29, 1.82) is 0 Å². The molecule has 1 rings (SSSR count). The van der Waals surface area contributed by atoms with E-state index in [1.807, 2.05) is 0 Å². The van der Waals surface area contributed by atoms with Crippen LogP contribution in [-0.4, -0.2) is 46.1 Å². The molecule has 1 fully saturated rings. The van der Waals surface area contributed by atoms with Crippen LogP contribution in [-0.2, 0) is 0 Å². The average molecular weight is 213 g/mol. The van der Waals surface area contributed by atoms with Crippen LogP contribution in [0.5, 0.6) is 0 Å². The molecule has 0 aromatic heterocycles. The molecule has 1 aliphatic rings. The highest BCUT2D eigenvalue weighted by Gasteiger charge is 2.48. The molecule has 0 bridgehead atoms. The zero-order valence-corrected chi connectivity index (χ0v) is 7.16.